The van der Waals surface area contributed by atoms with E-state index in [1.807, 2.05) is 6.07 Å². The van der Waals surface area contributed by atoms with Crippen molar-refractivity contribution in [3.8, 4) is 0 Å². The third-order valence-corrected chi connectivity index (χ3v) is 2.52. The van der Waals surface area contributed by atoms with Gasteiger partial charge in [0.1, 0.15) is 0 Å². The number of carbonyl (C=O) groups excluding carboxylic acids is 1. The van der Waals surface area contributed by atoms with E-state index in [0.717, 1.165) is 0 Å². The SMILES string of the molecule is C/C(=N\OS(=O)[O-])C(C)C(=O)c1ccccc1. The fourth-order valence-corrected chi connectivity index (χ4v) is 1.39. The Balaban J connectivity index is 2.77. The number of benzene rings is 1. The van der Waals surface area contributed by atoms with Gasteiger partial charge in [-0.25, -0.2) is 4.21 Å². The fraction of sp³-hybridized carbons (Fsp3) is 0.273. The molecule has 0 spiro atoms. The van der Waals surface area contributed by atoms with E-state index in [-0.39, 0.29) is 5.78 Å². The number of carbonyl (C=O) groups is 1. The van der Waals surface area contributed by atoms with Crippen molar-refractivity contribution < 1.29 is 17.8 Å². The molecule has 0 aromatic heterocycles. The van der Waals surface area contributed by atoms with Crippen molar-refractivity contribution >= 4 is 22.9 Å². The molecule has 5 nitrogen and oxygen atoms in total. The topological polar surface area (TPSA) is 78.8 Å². The molecule has 0 saturated carbocycles. The van der Waals surface area contributed by atoms with E-state index in [4.69, 9.17) is 0 Å². The Morgan fingerprint density at radius 1 is 1.41 bits per heavy atom. The molecular formula is C11H12NO4S-. The lowest BCUT2D eigenvalue weighted by molar-refractivity contribution is 0.0959. The van der Waals surface area contributed by atoms with Gasteiger partial charge < -0.3 is 8.84 Å². The first-order valence-electron chi connectivity index (χ1n) is 4.93. The number of hydrogen-bond acceptors (Lipinski definition) is 5. The van der Waals surface area contributed by atoms with Crippen molar-refractivity contribution in [1.29, 1.82) is 0 Å². The molecule has 1 aromatic carbocycles. The molecule has 0 N–H and O–H groups in total. The Morgan fingerprint density at radius 3 is 2.53 bits per heavy atom. The highest BCUT2D eigenvalue weighted by Crippen LogP contribution is 2.10. The van der Waals surface area contributed by atoms with E-state index in [1.54, 1.807) is 38.1 Å². The summed E-state index contributed by atoms with van der Waals surface area (Å²) in [6.45, 7) is 3.18. The number of rotatable bonds is 5. The van der Waals surface area contributed by atoms with Crippen LogP contribution in [-0.4, -0.2) is 20.3 Å². The predicted octanol–water partition coefficient (Wildman–Crippen LogP) is 1.69. The van der Waals surface area contributed by atoms with Crippen molar-refractivity contribution in [2.45, 2.75) is 13.8 Å². The van der Waals surface area contributed by atoms with Gasteiger partial charge in [0.05, 0.1) is 11.6 Å². The van der Waals surface area contributed by atoms with E-state index < -0.39 is 17.3 Å². The summed E-state index contributed by atoms with van der Waals surface area (Å²) in [6.07, 6.45) is 0. The van der Waals surface area contributed by atoms with Crippen molar-refractivity contribution in [2.75, 3.05) is 0 Å². The highest BCUT2D eigenvalue weighted by Gasteiger charge is 2.18. The summed E-state index contributed by atoms with van der Waals surface area (Å²) in [6, 6.07) is 8.72. The quantitative estimate of drug-likeness (QED) is 0.346. The van der Waals surface area contributed by atoms with Crippen molar-refractivity contribution in [1.82, 2.24) is 0 Å². The zero-order valence-electron chi connectivity index (χ0n) is 9.45. The van der Waals surface area contributed by atoms with Crippen LogP contribution in [-0.2, 0) is 15.6 Å². The Labute approximate surface area is 102 Å². The van der Waals surface area contributed by atoms with Crippen LogP contribution in [0.15, 0.2) is 35.5 Å². The average molecular weight is 254 g/mol. The van der Waals surface area contributed by atoms with Crippen LogP contribution in [0.1, 0.15) is 24.2 Å². The lowest BCUT2D eigenvalue weighted by Crippen LogP contribution is -2.19. The zero-order chi connectivity index (χ0) is 12.8. The van der Waals surface area contributed by atoms with Gasteiger partial charge in [-0.05, 0) is 13.8 Å². The smallest absolute Gasteiger partial charge is 0.171 e. The second-order valence-electron chi connectivity index (χ2n) is 3.46. The molecule has 0 saturated heterocycles. The summed E-state index contributed by atoms with van der Waals surface area (Å²) in [5, 5.41) is 3.35. The summed E-state index contributed by atoms with van der Waals surface area (Å²) < 4.78 is 24.4. The summed E-state index contributed by atoms with van der Waals surface area (Å²) in [7, 11) is 0. The summed E-state index contributed by atoms with van der Waals surface area (Å²) in [4.78, 5) is 11.9. The van der Waals surface area contributed by atoms with Gasteiger partial charge in [-0.15, -0.1) is 0 Å². The van der Waals surface area contributed by atoms with E-state index >= 15 is 0 Å². The maximum absolute atomic E-state index is 11.9. The Morgan fingerprint density at radius 2 is 2.00 bits per heavy atom. The van der Waals surface area contributed by atoms with Crippen molar-refractivity contribution in [3.05, 3.63) is 35.9 Å². The maximum Gasteiger partial charge on any atom is 0.171 e. The summed E-state index contributed by atoms with van der Waals surface area (Å²) in [5.41, 5.74) is 0.862. The minimum Gasteiger partial charge on any atom is -0.738 e. The Kier molecular flexibility index (Phi) is 4.99. The summed E-state index contributed by atoms with van der Waals surface area (Å²) >= 11 is -2.71. The number of nitrogens with zero attached hydrogens (tertiary/aromatic N) is 1. The highest BCUT2D eigenvalue weighted by atomic mass is 32.2. The largest absolute Gasteiger partial charge is 0.738 e. The Hall–Kier alpha value is -1.53. The molecule has 17 heavy (non-hydrogen) atoms. The lowest BCUT2D eigenvalue weighted by atomic mass is 9.96. The van der Waals surface area contributed by atoms with Crippen LogP contribution in [0, 0.1) is 5.92 Å². The van der Waals surface area contributed by atoms with Crippen LogP contribution in [0.2, 0.25) is 0 Å². The third kappa shape index (κ3) is 4.08. The minimum atomic E-state index is -2.71. The molecule has 0 fully saturated rings. The molecule has 1 aromatic rings. The third-order valence-electron chi connectivity index (χ3n) is 2.32. The van der Waals surface area contributed by atoms with Crippen LogP contribution in [0.4, 0.5) is 0 Å². The van der Waals surface area contributed by atoms with Crippen LogP contribution in [0.3, 0.4) is 0 Å². The van der Waals surface area contributed by atoms with E-state index in [9.17, 15) is 13.6 Å². The van der Waals surface area contributed by atoms with Gasteiger partial charge in [-0.2, -0.15) is 0 Å². The average Bonchev–Trinajstić information content (AvgIpc) is 2.35. The number of hydrogen-bond donors (Lipinski definition) is 0. The molecule has 0 heterocycles. The van der Waals surface area contributed by atoms with Gasteiger partial charge in [-0.1, -0.05) is 35.5 Å². The molecule has 0 aliphatic heterocycles. The summed E-state index contributed by atoms with van der Waals surface area (Å²) in [5.74, 6) is -0.659. The standard InChI is InChI=1S/C11H13NO4S/c1-8(9(2)12-16-17(14)15)11(13)10-6-4-3-5-7-10/h3-8H,1-2H3,(H,14,15)/p-1/b12-9+. The molecule has 6 heteroatoms. The van der Waals surface area contributed by atoms with Gasteiger partial charge >= 0.3 is 0 Å². The first-order valence-corrected chi connectivity index (χ1v) is 5.93. The molecule has 0 radical (unpaired) electrons. The van der Waals surface area contributed by atoms with Gasteiger partial charge in [0, 0.05) is 5.56 Å². The van der Waals surface area contributed by atoms with Crippen LogP contribution < -0.4 is 0 Å². The monoisotopic (exact) mass is 254 g/mol. The second kappa shape index (κ2) is 6.27. The van der Waals surface area contributed by atoms with E-state index in [2.05, 4.69) is 9.44 Å². The molecule has 1 rings (SSSR count). The Bertz CT molecular complexity index is 444. The minimum absolute atomic E-state index is 0.132. The normalized spacial score (nSPS) is 15.1. The fourth-order valence-electron chi connectivity index (χ4n) is 1.21. The van der Waals surface area contributed by atoms with Crippen molar-refractivity contribution in [3.63, 3.8) is 0 Å². The second-order valence-corrected chi connectivity index (χ2v) is 4.02. The molecule has 0 aliphatic rings. The van der Waals surface area contributed by atoms with Crippen LogP contribution in [0.5, 0.6) is 0 Å². The van der Waals surface area contributed by atoms with Gasteiger partial charge in [0.2, 0.25) is 0 Å². The van der Waals surface area contributed by atoms with Crippen LogP contribution in [0.25, 0.3) is 0 Å². The van der Waals surface area contributed by atoms with E-state index in [1.165, 1.54) is 0 Å². The zero-order valence-corrected chi connectivity index (χ0v) is 10.3. The number of Topliss-reactive ketones (excluding diaryl/α,β-unsaturated/α-hetero) is 1. The van der Waals surface area contributed by atoms with Crippen molar-refractivity contribution in [2.24, 2.45) is 11.1 Å². The van der Waals surface area contributed by atoms with Gasteiger partial charge in [-0.3, -0.25) is 4.79 Å². The van der Waals surface area contributed by atoms with E-state index in [0.29, 0.717) is 11.3 Å². The maximum atomic E-state index is 11.9. The molecule has 92 valence electrons. The predicted molar refractivity (Wildman–Crippen MR) is 63.1 cm³/mol. The highest BCUT2D eigenvalue weighted by molar-refractivity contribution is 7.74. The van der Waals surface area contributed by atoms with Crippen LogP contribution >= 0.6 is 0 Å². The number of oxime groups is 1. The molecule has 0 amide bonds. The number of ketones is 1. The molecule has 2 unspecified atom stereocenters. The van der Waals surface area contributed by atoms with Gasteiger partial charge in [0.15, 0.2) is 17.1 Å². The lowest BCUT2D eigenvalue weighted by Gasteiger charge is -2.10. The molecule has 0 aliphatic carbocycles. The first kappa shape index (κ1) is 13.5. The molecule has 0 bridgehead atoms. The first-order chi connectivity index (χ1) is 8.02. The molecular weight excluding hydrogens is 242 g/mol. The molecule has 2 atom stereocenters. The van der Waals surface area contributed by atoms with Gasteiger partial charge in [0.25, 0.3) is 0 Å².